The summed E-state index contributed by atoms with van der Waals surface area (Å²) in [4.78, 5) is 30.2. The number of aryl methyl sites for hydroxylation is 1. The summed E-state index contributed by atoms with van der Waals surface area (Å²) in [6.07, 6.45) is 0. The molecule has 1 aromatic heterocycles. The van der Waals surface area contributed by atoms with E-state index in [1.54, 1.807) is 31.2 Å². The predicted molar refractivity (Wildman–Crippen MR) is 81.2 cm³/mol. The van der Waals surface area contributed by atoms with Gasteiger partial charge in [0.25, 0.3) is 11.8 Å². The Kier molecular flexibility index (Phi) is 4.04. The first-order chi connectivity index (χ1) is 9.59. The third-order valence-electron chi connectivity index (χ3n) is 2.81. The summed E-state index contributed by atoms with van der Waals surface area (Å²) in [6.45, 7) is 5.80. The summed E-state index contributed by atoms with van der Waals surface area (Å²) in [5, 5.41) is 0.330. The van der Waals surface area contributed by atoms with Crippen molar-refractivity contribution >= 4 is 41.7 Å². The van der Waals surface area contributed by atoms with Crippen LogP contribution in [0.5, 0.6) is 0 Å². The van der Waals surface area contributed by atoms with Gasteiger partial charge in [0.1, 0.15) is 7.85 Å². The number of aromatic nitrogens is 1. The first kappa shape index (κ1) is 14.5. The molecule has 20 heavy (non-hydrogen) atoms. The lowest BCUT2D eigenvalue weighted by molar-refractivity contribution is 0.0926. The maximum Gasteiger partial charge on any atom is 0.268 e. The van der Waals surface area contributed by atoms with Crippen molar-refractivity contribution < 1.29 is 9.59 Å². The van der Waals surface area contributed by atoms with Crippen LogP contribution in [0.3, 0.4) is 0 Å². The van der Waals surface area contributed by atoms with Crippen LogP contribution in [0.4, 0.5) is 5.13 Å². The molecule has 6 heteroatoms. The number of imide groups is 1. The third-order valence-corrected chi connectivity index (χ3v) is 3.78. The molecule has 2 amide bonds. The minimum atomic E-state index is -0.343. The van der Waals surface area contributed by atoms with Gasteiger partial charge in [-0.15, -0.1) is 11.3 Å². The predicted octanol–water partition coefficient (Wildman–Crippen LogP) is 2.07. The number of fused-ring (bicyclic) bond motifs is 1. The molecule has 4 nitrogen and oxygen atoms in total. The van der Waals surface area contributed by atoms with Crippen molar-refractivity contribution in [3.05, 3.63) is 40.3 Å². The molecule has 1 aliphatic rings. The zero-order valence-corrected chi connectivity index (χ0v) is 12.3. The van der Waals surface area contributed by atoms with Crippen LogP contribution < -0.4 is 10.5 Å². The van der Waals surface area contributed by atoms with Gasteiger partial charge in [0.2, 0.25) is 0 Å². The highest BCUT2D eigenvalue weighted by Crippen LogP contribution is 2.30. The average molecular weight is 284 g/mol. The van der Waals surface area contributed by atoms with E-state index in [2.05, 4.69) is 4.98 Å². The molecule has 0 saturated carbocycles. The number of hydrogen-bond acceptors (Lipinski definition) is 4. The van der Waals surface area contributed by atoms with Gasteiger partial charge < -0.3 is 0 Å². The van der Waals surface area contributed by atoms with Crippen molar-refractivity contribution in [2.24, 2.45) is 0 Å². The first-order valence-corrected chi connectivity index (χ1v) is 7.12. The molecule has 0 unspecified atom stereocenters. The molecule has 0 saturated heterocycles. The number of amides is 2. The van der Waals surface area contributed by atoms with Crippen LogP contribution in [0.1, 0.15) is 39.4 Å². The van der Waals surface area contributed by atoms with Gasteiger partial charge >= 0.3 is 0 Å². The Balaban J connectivity index is 0.000000704. The SMILES string of the molecule is CC.[B]c1nc(N2C(=O)c3ccccc3C2=O)sc1C. The van der Waals surface area contributed by atoms with E-state index in [9.17, 15) is 9.59 Å². The van der Waals surface area contributed by atoms with Crippen LogP contribution >= 0.6 is 11.3 Å². The minimum Gasteiger partial charge on any atom is -0.268 e. The van der Waals surface area contributed by atoms with E-state index in [-0.39, 0.29) is 11.8 Å². The molecule has 2 heterocycles. The van der Waals surface area contributed by atoms with Gasteiger partial charge in [0, 0.05) is 10.5 Å². The van der Waals surface area contributed by atoms with E-state index < -0.39 is 0 Å². The topological polar surface area (TPSA) is 50.3 Å². The van der Waals surface area contributed by atoms with Crippen molar-refractivity contribution in [2.45, 2.75) is 20.8 Å². The highest BCUT2D eigenvalue weighted by Gasteiger charge is 2.37. The number of nitrogens with zero attached hydrogens (tertiary/aromatic N) is 2. The quantitative estimate of drug-likeness (QED) is 0.595. The first-order valence-electron chi connectivity index (χ1n) is 6.30. The van der Waals surface area contributed by atoms with Crippen molar-refractivity contribution in [1.29, 1.82) is 0 Å². The number of rotatable bonds is 1. The van der Waals surface area contributed by atoms with Crippen molar-refractivity contribution in [3.63, 3.8) is 0 Å². The molecule has 2 radical (unpaired) electrons. The van der Waals surface area contributed by atoms with E-state index >= 15 is 0 Å². The molecule has 3 rings (SSSR count). The highest BCUT2D eigenvalue weighted by molar-refractivity contribution is 7.17. The van der Waals surface area contributed by atoms with Gasteiger partial charge in [-0.1, -0.05) is 26.0 Å². The fourth-order valence-corrected chi connectivity index (χ4v) is 2.68. The summed E-state index contributed by atoms with van der Waals surface area (Å²) >= 11 is 1.24. The number of carbonyl (C=O) groups is 2. The zero-order chi connectivity index (χ0) is 14.9. The van der Waals surface area contributed by atoms with Crippen molar-refractivity contribution in [1.82, 2.24) is 4.98 Å². The Morgan fingerprint density at radius 3 is 2.00 bits per heavy atom. The van der Waals surface area contributed by atoms with Gasteiger partial charge in [-0.25, -0.2) is 9.88 Å². The molecule has 0 N–H and O–H groups in total. The number of thiazole rings is 1. The number of hydrogen-bond donors (Lipinski definition) is 0. The molecule has 0 fully saturated rings. The summed E-state index contributed by atoms with van der Waals surface area (Å²) in [5.74, 6) is -0.686. The second-order valence-corrected chi connectivity index (χ2v) is 5.11. The molecule has 0 bridgehead atoms. The smallest absolute Gasteiger partial charge is 0.268 e. The van der Waals surface area contributed by atoms with Gasteiger partial charge in [-0.05, 0) is 19.1 Å². The third kappa shape index (κ3) is 2.16. The van der Waals surface area contributed by atoms with Gasteiger partial charge in [-0.2, -0.15) is 0 Å². The summed E-state index contributed by atoms with van der Waals surface area (Å²) < 4.78 is 0. The Hall–Kier alpha value is -1.95. The summed E-state index contributed by atoms with van der Waals surface area (Å²) in [5.41, 5.74) is 1.18. The summed E-state index contributed by atoms with van der Waals surface area (Å²) in [6, 6.07) is 6.74. The second kappa shape index (κ2) is 5.59. The molecular formula is C14H13BN2O2S. The van der Waals surface area contributed by atoms with E-state index in [1.165, 1.54) is 11.3 Å². The van der Waals surface area contributed by atoms with Crippen molar-refractivity contribution in [2.75, 3.05) is 4.90 Å². The zero-order valence-electron chi connectivity index (χ0n) is 11.5. The fraction of sp³-hybridized carbons (Fsp3) is 0.214. The van der Waals surface area contributed by atoms with Gasteiger partial charge in [0.15, 0.2) is 5.13 Å². The maximum absolute atomic E-state index is 12.2. The molecule has 2 aromatic rings. The van der Waals surface area contributed by atoms with Crippen LogP contribution in [-0.4, -0.2) is 24.6 Å². The molecule has 1 aromatic carbocycles. The minimum absolute atomic E-state index is 0.330. The van der Waals surface area contributed by atoms with E-state index in [4.69, 9.17) is 7.85 Å². The van der Waals surface area contributed by atoms with E-state index in [1.807, 2.05) is 13.8 Å². The monoisotopic (exact) mass is 284 g/mol. The van der Waals surface area contributed by atoms with Gasteiger partial charge in [0.05, 0.1) is 11.1 Å². The summed E-state index contributed by atoms with van der Waals surface area (Å²) in [7, 11) is 5.65. The Labute approximate surface area is 122 Å². The van der Waals surface area contributed by atoms with Crippen LogP contribution in [0.2, 0.25) is 0 Å². The lowest BCUT2D eigenvalue weighted by atomic mass is 10.0. The molecular weight excluding hydrogens is 271 g/mol. The Morgan fingerprint density at radius 1 is 1.10 bits per heavy atom. The second-order valence-electron chi connectivity index (χ2n) is 3.93. The van der Waals surface area contributed by atoms with Crippen molar-refractivity contribution in [3.8, 4) is 0 Å². The molecule has 100 valence electrons. The van der Waals surface area contributed by atoms with Crippen LogP contribution in [-0.2, 0) is 0 Å². The van der Waals surface area contributed by atoms with Gasteiger partial charge in [-0.3, -0.25) is 9.59 Å². The Morgan fingerprint density at radius 2 is 1.60 bits per heavy atom. The lowest BCUT2D eigenvalue weighted by Gasteiger charge is -2.08. The van der Waals surface area contributed by atoms with Crippen LogP contribution in [0.15, 0.2) is 24.3 Å². The number of carbonyl (C=O) groups excluding carboxylic acids is 2. The number of benzene rings is 1. The maximum atomic E-state index is 12.2. The number of anilines is 1. The molecule has 0 atom stereocenters. The van der Waals surface area contributed by atoms with E-state index in [0.717, 1.165) is 9.78 Å². The molecule has 1 aliphatic heterocycles. The fourth-order valence-electron chi connectivity index (χ4n) is 1.85. The lowest BCUT2D eigenvalue weighted by Crippen LogP contribution is -2.29. The standard InChI is InChI=1S/C12H7BN2O2S.C2H6/c1-6-9(13)14-12(18-6)15-10(16)7-4-2-3-5-8(7)11(15)17;1-2/h2-5H,1H3;1-2H3. The van der Waals surface area contributed by atoms with Crippen LogP contribution in [0, 0.1) is 6.92 Å². The van der Waals surface area contributed by atoms with E-state index in [0.29, 0.717) is 21.9 Å². The van der Waals surface area contributed by atoms with Crippen LogP contribution in [0.25, 0.3) is 0 Å². The normalized spacial score (nSPS) is 13.1. The largest absolute Gasteiger partial charge is 0.268 e. The average Bonchev–Trinajstić information content (AvgIpc) is 2.92. The molecule has 0 spiro atoms. The molecule has 0 aliphatic carbocycles. The highest BCUT2D eigenvalue weighted by atomic mass is 32.1. The Bertz CT molecular complexity index is 627.